The SMILES string of the molecule is CC1=C(C=O)C(C(=O)[C@@H](N)CCCCN)NCC1C=O. The van der Waals surface area contributed by atoms with Gasteiger partial charge < -0.3 is 21.6 Å². The molecule has 1 aliphatic heterocycles. The molecular formula is C14H23N3O3. The minimum Gasteiger partial charge on any atom is -0.330 e. The van der Waals surface area contributed by atoms with Gasteiger partial charge in [-0.15, -0.1) is 0 Å². The molecule has 0 bridgehead atoms. The van der Waals surface area contributed by atoms with E-state index < -0.39 is 12.1 Å². The van der Waals surface area contributed by atoms with Crippen molar-refractivity contribution in [2.45, 2.75) is 38.3 Å². The van der Waals surface area contributed by atoms with Crippen LogP contribution in [0.3, 0.4) is 0 Å². The highest BCUT2D eigenvalue weighted by Crippen LogP contribution is 2.21. The van der Waals surface area contributed by atoms with Gasteiger partial charge in [0, 0.05) is 18.0 Å². The summed E-state index contributed by atoms with van der Waals surface area (Å²) in [4.78, 5) is 34.4. The van der Waals surface area contributed by atoms with Gasteiger partial charge in [0.2, 0.25) is 0 Å². The van der Waals surface area contributed by atoms with Crippen molar-refractivity contribution in [1.29, 1.82) is 0 Å². The van der Waals surface area contributed by atoms with E-state index in [1.807, 2.05) is 0 Å². The van der Waals surface area contributed by atoms with Gasteiger partial charge in [0.15, 0.2) is 5.78 Å². The van der Waals surface area contributed by atoms with Gasteiger partial charge in [0.25, 0.3) is 0 Å². The summed E-state index contributed by atoms with van der Waals surface area (Å²) in [6.45, 7) is 2.64. The Bertz CT molecular complexity index is 406. The zero-order valence-electron chi connectivity index (χ0n) is 11.8. The van der Waals surface area contributed by atoms with Crippen molar-refractivity contribution in [2.24, 2.45) is 17.4 Å². The largest absolute Gasteiger partial charge is 0.330 e. The first-order chi connectivity index (χ1) is 9.56. The average molecular weight is 281 g/mol. The van der Waals surface area contributed by atoms with E-state index in [1.165, 1.54) is 0 Å². The number of Topliss-reactive ketones (excluding diaryl/α,β-unsaturated/α-hetero) is 1. The van der Waals surface area contributed by atoms with E-state index in [1.54, 1.807) is 6.92 Å². The lowest BCUT2D eigenvalue weighted by molar-refractivity contribution is -0.123. The Balaban J connectivity index is 2.79. The van der Waals surface area contributed by atoms with Gasteiger partial charge in [-0.05, 0) is 26.3 Å². The number of carbonyl (C=O) groups is 3. The van der Waals surface area contributed by atoms with Crippen molar-refractivity contribution in [3.63, 3.8) is 0 Å². The van der Waals surface area contributed by atoms with Crippen LogP contribution in [0.5, 0.6) is 0 Å². The first-order valence-electron chi connectivity index (χ1n) is 6.90. The van der Waals surface area contributed by atoms with Crippen molar-refractivity contribution >= 4 is 18.4 Å². The van der Waals surface area contributed by atoms with Crippen molar-refractivity contribution in [3.05, 3.63) is 11.1 Å². The van der Waals surface area contributed by atoms with Crippen LogP contribution in [0.25, 0.3) is 0 Å². The highest BCUT2D eigenvalue weighted by Gasteiger charge is 2.33. The van der Waals surface area contributed by atoms with Gasteiger partial charge in [-0.2, -0.15) is 0 Å². The minimum absolute atomic E-state index is 0.201. The normalized spacial score (nSPS) is 24.4. The van der Waals surface area contributed by atoms with E-state index in [2.05, 4.69) is 5.32 Å². The Kier molecular flexibility index (Phi) is 6.70. The number of hydrogen-bond acceptors (Lipinski definition) is 6. The summed E-state index contributed by atoms with van der Waals surface area (Å²) in [6, 6.07) is -1.31. The lowest BCUT2D eigenvalue weighted by Crippen LogP contribution is -2.51. The highest BCUT2D eigenvalue weighted by molar-refractivity contribution is 5.98. The number of nitrogens with one attached hydrogen (secondary N) is 1. The maximum absolute atomic E-state index is 12.3. The maximum Gasteiger partial charge on any atom is 0.170 e. The molecular weight excluding hydrogens is 258 g/mol. The van der Waals surface area contributed by atoms with Gasteiger partial charge in [0.05, 0.1) is 12.1 Å². The summed E-state index contributed by atoms with van der Waals surface area (Å²) in [5.41, 5.74) is 12.3. The number of nitrogens with two attached hydrogens (primary N) is 2. The molecule has 0 aromatic rings. The Morgan fingerprint density at radius 2 is 2.15 bits per heavy atom. The molecule has 1 aliphatic rings. The summed E-state index contributed by atoms with van der Waals surface area (Å²) in [7, 11) is 0. The Morgan fingerprint density at radius 3 is 2.70 bits per heavy atom. The van der Waals surface area contributed by atoms with Crippen molar-refractivity contribution in [1.82, 2.24) is 5.32 Å². The van der Waals surface area contributed by atoms with Crippen LogP contribution in [0, 0.1) is 5.92 Å². The Morgan fingerprint density at radius 1 is 1.45 bits per heavy atom. The predicted octanol–water partition coefficient (Wildman–Crippen LogP) is -0.686. The smallest absolute Gasteiger partial charge is 0.170 e. The summed E-state index contributed by atoms with van der Waals surface area (Å²) in [5, 5.41) is 2.95. The fourth-order valence-electron chi connectivity index (χ4n) is 2.38. The number of unbranched alkanes of at least 4 members (excludes halogenated alkanes) is 1. The topological polar surface area (TPSA) is 115 Å². The third-order valence-corrected chi connectivity index (χ3v) is 3.77. The minimum atomic E-state index is -0.698. The number of rotatable bonds is 8. The van der Waals surface area contributed by atoms with E-state index in [9.17, 15) is 14.4 Å². The second kappa shape index (κ2) is 8.04. The molecule has 6 heteroatoms. The molecule has 20 heavy (non-hydrogen) atoms. The number of aldehydes is 2. The molecule has 2 unspecified atom stereocenters. The van der Waals surface area contributed by atoms with Crippen LogP contribution in [0.15, 0.2) is 11.1 Å². The van der Waals surface area contributed by atoms with E-state index in [4.69, 9.17) is 11.5 Å². The molecule has 3 atom stereocenters. The van der Waals surface area contributed by atoms with Crippen LogP contribution >= 0.6 is 0 Å². The molecule has 1 rings (SSSR count). The van der Waals surface area contributed by atoms with Crippen LogP contribution in [0.4, 0.5) is 0 Å². The van der Waals surface area contributed by atoms with Gasteiger partial charge in [-0.1, -0.05) is 12.0 Å². The molecule has 5 N–H and O–H groups in total. The van der Waals surface area contributed by atoms with E-state index in [0.717, 1.165) is 19.1 Å². The van der Waals surface area contributed by atoms with E-state index in [-0.39, 0.29) is 11.7 Å². The summed E-state index contributed by atoms with van der Waals surface area (Å²) < 4.78 is 0. The molecule has 0 aromatic carbocycles. The first-order valence-corrected chi connectivity index (χ1v) is 6.90. The quantitative estimate of drug-likeness (QED) is 0.401. The third-order valence-electron chi connectivity index (χ3n) is 3.77. The molecule has 0 spiro atoms. The van der Waals surface area contributed by atoms with Crippen LogP contribution in [0.1, 0.15) is 26.2 Å². The zero-order valence-corrected chi connectivity index (χ0v) is 11.8. The number of hydrogen-bond donors (Lipinski definition) is 3. The average Bonchev–Trinajstić information content (AvgIpc) is 2.46. The monoisotopic (exact) mass is 281 g/mol. The van der Waals surface area contributed by atoms with Crippen molar-refractivity contribution in [3.8, 4) is 0 Å². The summed E-state index contributed by atoms with van der Waals surface area (Å²) in [5.74, 6) is -0.555. The zero-order chi connectivity index (χ0) is 15.1. The van der Waals surface area contributed by atoms with Gasteiger partial charge in [-0.3, -0.25) is 9.59 Å². The van der Waals surface area contributed by atoms with Crippen LogP contribution in [-0.2, 0) is 14.4 Å². The summed E-state index contributed by atoms with van der Waals surface area (Å²) >= 11 is 0. The van der Waals surface area contributed by atoms with Gasteiger partial charge in [-0.25, -0.2) is 0 Å². The number of ketones is 1. The van der Waals surface area contributed by atoms with Crippen molar-refractivity contribution < 1.29 is 14.4 Å². The lowest BCUT2D eigenvalue weighted by atomic mass is 9.85. The molecule has 0 saturated heterocycles. The van der Waals surface area contributed by atoms with Crippen LogP contribution < -0.4 is 16.8 Å². The van der Waals surface area contributed by atoms with Crippen molar-refractivity contribution in [2.75, 3.05) is 13.1 Å². The highest BCUT2D eigenvalue weighted by atomic mass is 16.1. The first kappa shape index (κ1) is 16.7. The molecule has 112 valence electrons. The Hall–Kier alpha value is -1.37. The summed E-state index contributed by atoms with van der Waals surface area (Å²) in [6.07, 6.45) is 3.59. The fourth-order valence-corrected chi connectivity index (χ4v) is 2.38. The second-order valence-electron chi connectivity index (χ2n) is 5.13. The lowest BCUT2D eigenvalue weighted by Gasteiger charge is -2.29. The predicted molar refractivity (Wildman–Crippen MR) is 76.0 cm³/mol. The molecule has 0 aromatic heterocycles. The molecule has 1 heterocycles. The molecule has 0 aliphatic carbocycles. The third kappa shape index (κ3) is 3.82. The molecule has 0 amide bonds. The Labute approximate surface area is 119 Å². The molecule has 0 saturated carbocycles. The fraction of sp³-hybridized carbons (Fsp3) is 0.643. The van der Waals surface area contributed by atoms with Crippen LogP contribution in [-0.4, -0.2) is 43.5 Å². The second-order valence-corrected chi connectivity index (χ2v) is 5.13. The van der Waals surface area contributed by atoms with E-state index in [0.29, 0.717) is 36.9 Å². The maximum atomic E-state index is 12.3. The van der Waals surface area contributed by atoms with Gasteiger partial charge in [0.1, 0.15) is 12.6 Å². The van der Waals surface area contributed by atoms with E-state index >= 15 is 0 Å². The molecule has 0 fully saturated rings. The molecule has 6 nitrogen and oxygen atoms in total. The van der Waals surface area contributed by atoms with Gasteiger partial charge >= 0.3 is 0 Å². The van der Waals surface area contributed by atoms with Crippen LogP contribution in [0.2, 0.25) is 0 Å². The standard InChI is InChI=1S/C14H23N3O3/c1-9-10(7-18)6-17-13(11(9)8-19)14(20)12(16)4-2-3-5-15/h7-8,10,12-13,17H,2-6,15-16H2,1H3/t10?,12-,13?/m0/s1. The number of carbonyl (C=O) groups excluding carboxylic acids is 3. The molecule has 0 radical (unpaired) electrons.